The molecule has 1 aromatic heterocycles. The van der Waals surface area contributed by atoms with E-state index in [1.165, 1.54) is 12.3 Å². The van der Waals surface area contributed by atoms with Crippen LogP contribution in [0.1, 0.15) is 48.0 Å². The quantitative estimate of drug-likeness (QED) is 0.494. The van der Waals surface area contributed by atoms with Gasteiger partial charge in [-0.15, -0.1) is 0 Å². The fourth-order valence-electron chi connectivity index (χ4n) is 2.80. The highest BCUT2D eigenvalue weighted by Gasteiger charge is 2.16. The largest absolute Gasteiger partial charge is 0.459 e. The second-order valence-electron chi connectivity index (χ2n) is 6.78. The first kappa shape index (κ1) is 20.1. The highest BCUT2D eigenvalue weighted by atomic mass is 16.5. The number of benzene rings is 2. The number of nitrogens with one attached hydrogen (secondary N) is 1. The number of furan rings is 1. The molecule has 0 aliphatic rings. The SMILES string of the molecule is Cc1ccc(C)c(C(=O)COC(=O)c2ccc(C)c(NC(=O)c3ccco3)c2)c1. The third kappa shape index (κ3) is 4.79. The summed E-state index contributed by atoms with van der Waals surface area (Å²) in [4.78, 5) is 37.0. The summed E-state index contributed by atoms with van der Waals surface area (Å²) in [6, 6.07) is 13.5. The molecule has 0 saturated carbocycles. The maximum absolute atomic E-state index is 12.4. The summed E-state index contributed by atoms with van der Waals surface area (Å²) < 4.78 is 10.3. The highest BCUT2D eigenvalue weighted by Crippen LogP contribution is 2.19. The van der Waals surface area contributed by atoms with E-state index in [9.17, 15) is 14.4 Å². The van der Waals surface area contributed by atoms with Crippen molar-refractivity contribution in [3.63, 3.8) is 0 Å². The maximum atomic E-state index is 12.4. The molecule has 6 heteroatoms. The first-order chi connectivity index (χ1) is 13.8. The van der Waals surface area contributed by atoms with Crippen molar-refractivity contribution in [2.24, 2.45) is 0 Å². The molecular weight excluding hydrogens is 370 g/mol. The Balaban J connectivity index is 1.68. The summed E-state index contributed by atoms with van der Waals surface area (Å²) in [5.41, 5.74) is 3.79. The monoisotopic (exact) mass is 391 g/mol. The first-order valence-electron chi connectivity index (χ1n) is 9.08. The molecule has 0 fully saturated rings. The van der Waals surface area contributed by atoms with Gasteiger partial charge in [0.15, 0.2) is 12.4 Å². The zero-order chi connectivity index (χ0) is 21.0. The molecule has 3 rings (SSSR count). The van der Waals surface area contributed by atoms with Gasteiger partial charge in [-0.25, -0.2) is 4.79 Å². The molecule has 0 radical (unpaired) electrons. The van der Waals surface area contributed by atoms with Crippen LogP contribution < -0.4 is 5.32 Å². The van der Waals surface area contributed by atoms with Gasteiger partial charge in [0.2, 0.25) is 5.78 Å². The number of ether oxygens (including phenoxy) is 1. The number of carbonyl (C=O) groups is 3. The van der Waals surface area contributed by atoms with Gasteiger partial charge in [0.1, 0.15) is 0 Å². The Morgan fingerprint density at radius 3 is 2.45 bits per heavy atom. The summed E-state index contributed by atoms with van der Waals surface area (Å²) in [5, 5.41) is 2.70. The number of Topliss-reactive ketones (excluding diaryl/α,β-unsaturated/α-hetero) is 1. The standard InChI is InChI=1S/C23H21NO5/c1-14-6-7-15(2)18(11-14)20(25)13-29-23(27)17-9-8-16(3)19(12-17)24-22(26)21-5-4-10-28-21/h4-12H,13H2,1-3H3,(H,24,26). The predicted molar refractivity (Wildman–Crippen MR) is 108 cm³/mol. The van der Waals surface area contributed by atoms with Crippen molar-refractivity contribution in [3.8, 4) is 0 Å². The fourth-order valence-corrected chi connectivity index (χ4v) is 2.80. The Morgan fingerprint density at radius 1 is 0.966 bits per heavy atom. The van der Waals surface area contributed by atoms with Gasteiger partial charge in [0, 0.05) is 11.3 Å². The molecule has 0 saturated heterocycles. The van der Waals surface area contributed by atoms with Crippen LogP contribution in [0.15, 0.2) is 59.2 Å². The van der Waals surface area contributed by atoms with Crippen molar-refractivity contribution in [3.05, 3.63) is 88.4 Å². The van der Waals surface area contributed by atoms with Crippen molar-refractivity contribution < 1.29 is 23.5 Å². The number of anilines is 1. The maximum Gasteiger partial charge on any atom is 0.338 e. The number of aryl methyl sites for hydroxylation is 3. The van der Waals surface area contributed by atoms with Gasteiger partial charge in [0.25, 0.3) is 5.91 Å². The van der Waals surface area contributed by atoms with Gasteiger partial charge in [-0.2, -0.15) is 0 Å². The first-order valence-corrected chi connectivity index (χ1v) is 9.08. The minimum atomic E-state index is -0.642. The Morgan fingerprint density at radius 2 is 1.72 bits per heavy atom. The van der Waals surface area contributed by atoms with E-state index in [-0.39, 0.29) is 23.7 Å². The summed E-state index contributed by atoms with van der Waals surface area (Å²) in [6.45, 7) is 5.18. The second kappa shape index (κ2) is 8.56. The van der Waals surface area contributed by atoms with Crippen molar-refractivity contribution in [2.75, 3.05) is 11.9 Å². The molecule has 0 atom stereocenters. The number of rotatable bonds is 6. The number of amides is 1. The van der Waals surface area contributed by atoms with E-state index in [0.29, 0.717) is 11.3 Å². The van der Waals surface area contributed by atoms with Crippen molar-refractivity contribution in [1.82, 2.24) is 0 Å². The van der Waals surface area contributed by atoms with Gasteiger partial charge in [-0.1, -0.05) is 23.8 Å². The van der Waals surface area contributed by atoms with Crippen LogP contribution in [-0.2, 0) is 4.74 Å². The van der Waals surface area contributed by atoms with Crippen LogP contribution in [0.4, 0.5) is 5.69 Å². The van der Waals surface area contributed by atoms with E-state index >= 15 is 0 Å². The molecule has 3 aromatic rings. The number of ketones is 1. The molecule has 29 heavy (non-hydrogen) atoms. The zero-order valence-electron chi connectivity index (χ0n) is 16.4. The van der Waals surface area contributed by atoms with E-state index in [0.717, 1.165) is 16.7 Å². The topological polar surface area (TPSA) is 85.6 Å². The van der Waals surface area contributed by atoms with Crippen LogP contribution in [0.3, 0.4) is 0 Å². The smallest absolute Gasteiger partial charge is 0.338 e. The molecular formula is C23H21NO5. The van der Waals surface area contributed by atoms with Crippen molar-refractivity contribution in [2.45, 2.75) is 20.8 Å². The van der Waals surface area contributed by atoms with Gasteiger partial charge in [-0.05, 0) is 62.2 Å². The van der Waals surface area contributed by atoms with Crippen LogP contribution in [0.2, 0.25) is 0 Å². The summed E-state index contributed by atoms with van der Waals surface area (Å²) in [5.74, 6) is -1.17. The zero-order valence-corrected chi connectivity index (χ0v) is 16.4. The molecule has 1 N–H and O–H groups in total. The molecule has 0 unspecified atom stereocenters. The van der Waals surface area contributed by atoms with Gasteiger partial charge < -0.3 is 14.5 Å². The van der Waals surface area contributed by atoms with Crippen LogP contribution in [0, 0.1) is 20.8 Å². The average molecular weight is 391 g/mol. The molecule has 6 nitrogen and oxygen atoms in total. The number of carbonyl (C=O) groups excluding carboxylic acids is 3. The number of hydrogen-bond donors (Lipinski definition) is 1. The molecule has 0 aliphatic carbocycles. The second-order valence-corrected chi connectivity index (χ2v) is 6.78. The van der Waals surface area contributed by atoms with E-state index in [4.69, 9.17) is 9.15 Å². The minimum Gasteiger partial charge on any atom is -0.459 e. The Kier molecular flexibility index (Phi) is 5.93. The third-order valence-electron chi connectivity index (χ3n) is 4.49. The molecule has 148 valence electrons. The summed E-state index contributed by atoms with van der Waals surface area (Å²) in [7, 11) is 0. The van der Waals surface area contributed by atoms with Crippen LogP contribution >= 0.6 is 0 Å². The molecule has 0 spiro atoms. The lowest BCUT2D eigenvalue weighted by Crippen LogP contribution is -2.16. The van der Waals surface area contributed by atoms with Crippen molar-refractivity contribution in [1.29, 1.82) is 0 Å². The Hall–Kier alpha value is -3.67. The lowest BCUT2D eigenvalue weighted by Gasteiger charge is -2.10. The lowest BCUT2D eigenvalue weighted by atomic mass is 10.0. The molecule has 0 aliphatic heterocycles. The molecule has 2 aromatic carbocycles. The lowest BCUT2D eigenvalue weighted by molar-refractivity contribution is 0.0474. The van der Waals surface area contributed by atoms with E-state index in [1.54, 1.807) is 37.3 Å². The van der Waals surface area contributed by atoms with E-state index < -0.39 is 11.9 Å². The Bertz CT molecular complexity index is 1070. The van der Waals surface area contributed by atoms with Crippen LogP contribution in [0.25, 0.3) is 0 Å². The molecule has 1 amide bonds. The van der Waals surface area contributed by atoms with Gasteiger partial charge in [-0.3, -0.25) is 9.59 Å². The summed E-state index contributed by atoms with van der Waals surface area (Å²) >= 11 is 0. The average Bonchev–Trinajstić information content (AvgIpc) is 3.24. The van der Waals surface area contributed by atoms with Gasteiger partial charge in [0.05, 0.1) is 11.8 Å². The van der Waals surface area contributed by atoms with Crippen LogP contribution in [-0.4, -0.2) is 24.3 Å². The number of esters is 1. The third-order valence-corrected chi connectivity index (χ3v) is 4.49. The molecule has 0 bridgehead atoms. The van der Waals surface area contributed by atoms with Crippen LogP contribution in [0.5, 0.6) is 0 Å². The van der Waals surface area contributed by atoms with E-state index in [2.05, 4.69) is 5.32 Å². The number of hydrogen-bond acceptors (Lipinski definition) is 5. The minimum absolute atomic E-state index is 0.163. The Labute approximate surface area is 168 Å². The summed E-state index contributed by atoms with van der Waals surface area (Å²) in [6.07, 6.45) is 1.41. The van der Waals surface area contributed by atoms with Crippen molar-refractivity contribution >= 4 is 23.3 Å². The predicted octanol–water partition coefficient (Wildman–Crippen LogP) is 4.50. The normalized spacial score (nSPS) is 10.4. The highest BCUT2D eigenvalue weighted by molar-refractivity contribution is 6.04. The fraction of sp³-hybridized carbons (Fsp3) is 0.174. The van der Waals surface area contributed by atoms with Gasteiger partial charge >= 0.3 is 5.97 Å². The van der Waals surface area contributed by atoms with E-state index in [1.807, 2.05) is 26.0 Å². The molecule has 1 heterocycles.